The summed E-state index contributed by atoms with van der Waals surface area (Å²) in [6, 6.07) is 19.7. The number of ether oxygens (including phenoxy) is 2. The van der Waals surface area contributed by atoms with E-state index in [-0.39, 0.29) is 0 Å². The van der Waals surface area contributed by atoms with Crippen LogP contribution in [0.1, 0.15) is 0 Å². The number of hydrogen-bond donors (Lipinski definition) is 1. The van der Waals surface area contributed by atoms with E-state index in [1.54, 1.807) is 0 Å². The highest BCUT2D eigenvalue weighted by atomic mass is 35.5. The third kappa shape index (κ3) is 2.59. The molecule has 0 aliphatic carbocycles. The molecule has 4 aromatic rings. The summed E-state index contributed by atoms with van der Waals surface area (Å²) < 4.78 is 11.5. The molecule has 5 heteroatoms. The molecule has 0 unspecified atom stereocenters. The number of nitrogens with zero attached hydrogens (tertiary/aromatic N) is 1. The second-order valence-electron chi connectivity index (χ2n) is 6.15. The van der Waals surface area contributed by atoms with Crippen LogP contribution in [0.2, 0.25) is 5.02 Å². The SMILES string of the molecule is Clc1cccc(Nc2c3ccccc3nc3cc4c(cc23)OCCO4)c1. The van der Waals surface area contributed by atoms with E-state index in [1.165, 1.54) is 0 Å². The monoisotopic (exact) mass is 362 g/mol. The summed E-state index contributed by atoms with van der Waals surface area (Å²) in [6.07, 6.45) is 0. The van der Waals surface area contributed by atoms with Crippen LogP contribution >= 0.6 is 11.6 Å². The second kappa shape index (κ2) is 6.07. The Kier molecular flexibility index (Phi) is 3.57. The molecule has 3 aromatic carbocycles. The number of pyridine rings is 1. The highest BCUT2D eigenvalue weighted by Gasteiger charge is 2.17. The van der Waals surface area contributed by atoms with Gasteiger partial charge in [-0.3, -0.25) is 0 Å². The zero-order valence-corrected chi connectivity index (χ0v) is 14.6. The van der Waals surface area contributed by atoms with Gasteiger partial charge >= 0.3 is 0 Å². The van der Waals surface area contributed by atoms with Crippen molar-refractivity contribution >= 4 is 44.8 Å². The van der Waals surface area contributed by atoms with E-state index in [0.29, 0.717) is 18.2 Å². The van der Waals surface area contributed by atoms with Crippen molar-refractivity contribution in [2.45, 2.75) is 0 Å². The van der Waals surface area contributed by atoms with Crippen LogP contribution in [-0.4, -0.2) is 18.2 Å². The van der Waals surface area contributed by atoms with Crippen molar-refractivity contribution in [1.82, 2.24) is 4.98 Å². The van der Waals surface area contributed by atoms with Crippen LogP contribution < -0.4 is 14.8 Å². The first-order chi connectivity index (χ1) is 12.8. The van der Waals surface area contributed by atoms with Crippen molar-refractivity contribution in [3.05, 3.63) is 65.7 Å². The van der Waals surface area contributed by atoms with Crippen molar-refractivity contribution in [3.8, 4) is 11.5 Å². The van der Waals surface area contributed by atoms with Gasteiger partial charge in [0, 0.05) is 27.5 Å². The van der Waals surface area contributed by atoms with E-state index in [0.717, 1.165) is 44.7 Å². The molecule has 0 radical (unpaired) electrons. The Morgan fingerprint density at radius 2 is 1.62 bits per heavy atom. The van der Waals surface area contributed by atoms with Crippen molar-refractivity contribution < 1.29 is 9.47 Å². The smallest absolute Gasteiger partial charge is 0.163 e. The van der Waals surface area contributed by atoms with Gasteiger partial charge in [-0.1, -0.05) is 35.9 Å². The number of benzene rings is 3. The number of anilines is 2. The first-order valence-electron chi connectivity index (χ1n) is 8.43. The fraction of sp³-hybridized carbons (Fsp3) is 0.0952. The molecule has 0 saturated carbocycles. The number of halogens is 1. The molecule has 1 aliphatic rings. The molecule has 5 rings (SSSR count). The summed E-state index contributed by atoms with van der Waals surface area (Å²) in [5.74, 6) is 1.48. The van der Waals surface area contributed by atoms with E-state index >= 15 is 0 Å². The summed E-state index contributed by atoms with van der Waals surface area (Å²) in [5, 5.41) is 6.22. The lowest BCUT2D eigenvalue weighted by Gasteiger charge is -2.20. The third-order valence-corrected chi connectivity index (χ3v) is 4.67. The average Bonchev–Trinajstić information content (AvgIpc) is 2.66. The van der Waals surface area contributed by atoms with Gasteiger partial charge in [-0.2, -0.15) is 0 Å². The van der Waals surface area contributed by atoms with E-state index in [1.807, 2.05) is 54.6 Å². The van der Waals surface area contributed by atoms with Crippen LogP contribution in [0.25, 0.3) is 21.8 Å². The summed E-state index contributed by atoms with van der Waals surface area (Å²) in [7, 11) is 0. The molecule has 1 N–H and O–H groups in total. The number of para-hydroxylation sites is 1. The van der Waals surface area contributed by atoms with Gasteiger partial charge in [0.25, 0.3) is 0 Å². The first kappa shape index (κ1) is 15.3. The number of rotatable bonds is 2. The maximum Gasteiger partial charge on any atom is 0.163 e. The normalized spacial score (nSPS) is 13.1. The number of fused-ring (bicyclic) bond motifs is 3. The largest absolute Gasteiger partial charge is 0.486 e. The molecule has 0 fully saturated rings. The fourth-order valence-electron chi connectivity index (χ4n) is 3.27. The van der Waals surface area contributed by atoms with Crippen LogP contribution in [0.15, 0.2) is 60.7 Å². The molecule has 0 amide bonds. The Hall–Kier alpha value is -2.98. The minimum atomic E-state index is 0.552. The van der Waals surface area contributed by atoms with E-state index in [4.69, 9.17) is 26.1 Å². The average molecular weight is 363 g/mol. The van der Waals surface area contributed by atoms with Crippen LogP contribution in [0.5, 0.6) is 11.5 Å². The van der Waals surface area contributed by atoms with Gasteiger partial charge in [-0.15, -0.1) is 0 Å². The van der Waals surface area contributed by atoms with Crippen LogP contribution in [0.4, 0.5) is 11.4 Å². The summed E-state index contributed by atoms with van der Waals surface area (Å²) in [5.41, 5.74) is 3.67. The maximum atomic E-state index is 6.15. The molecule has 0 bridgehead atoms. The zero-order valence-electron chi connectivity index (χ0n) is 13.8. The standard InChI is InChI=1S/C21H15ClN2O2/c22-13-4-3-5-14(10-13)23-21-15-6-1-2-7-17(15)24-18-12-20-19(11-16(18)21)25-8-9-26-20/h1-7,10-12H,8-9H2,(H,23,24). The first-order valence-corrected chi connectivity index (χ1v) is 8.80. The summed E-state index contributed by atoms with van der Waals surface area (Å²) in [6.45, 7) is 1.11. The van der Waals surface area contributed by atoms with Crippen LogP contribution in [0, 0.1) is 0 Å². The molecule has 2 heterocycles. The lowest BCUT2D eigenvalue weighted by atomic mass is 10.1. The molecule has 0 saturated heterocycles. The van der Waals surface area contributed by atoms with Gasteiger partial charge in [0.1, 0.15) is 13.2 Å². The van der Waals surface area contributed by atoms with E-state index in [2.05, 4.69) is 11.4 Å². The van der Waals surface area contributed by atoms with Gasteiger partial charge in [0.2, 0.25) is 0 Å². The van der Waals surface area contributed by atoms with Gasteiger partial charge in [-0.25, -0.2) is 4.98 Å². The van der Waals surface area contributed by atoms with E-state index < -0.39 is 0 Å². The summed E-state index contributed by atoms with van der Waals surface area (Å²) in [4.78, 5) is 4.80. The van der Waals surface area contributed by atoms with E-state index in [9.17, 15) is 0 Å². The van der Waals surface area contributed by atoms with Crippen LogP contribution in [0.3, 0.4) is 0 Å². The molecular formula is C21H15ClN2O2. The lowest BCUT2D eigenvalue weighted by molar-refractivity contribution is 0.172. The zero-order chi connectivity index (χ0) is 17.5. The topological polar surface area (TPSA) is 43.4 Å². The van der Waals surface area contributed by atoms with Crippen molar-refractivity contribution in [1.29, 1.82) is 0 Å². The molecule has 1 aliphatic heterocycles. The van der Waals surface area contributed by atoms with Gasteiger partial charge in [0.15, 0.2) is 11.5 Å². The lowest BCUT2D eigenvalue weighted by Crippen LogP contribution is -2.15. The molecule has 1 aromatic heterocycles. The Morgan fingerprint density at radius 1 is 0.808 bits per heavy atom. The summed E-state index contributed by atoms with van der Waals surface area (Å²) >= 11 is 6.15. The minimum Gasteiger partial charge on any atom is -0.486 e. The molecular weight excluding hydrogens is 348 g/mol. The Bertz CT molecular complexity index is 1140. The molecule has 26 heavy (non-hydrogen) atoms. The quantitative estimate of drug-likeness (QED) is 0.474. The number of hydrogen-bond acceptors (Lipinski definition) is 4. The Balaban J connectivity index is 1.79. The minimum absolute atomic E-state index is 0.552. The molecule has 0 atom stereocenters. The second-order valence-corrected chi connectivity index (χ2v) is 6.59. The van der Waals surface area contributed by atoms with Gasteiger partial charge < -0.3 is 14.8 Å². The highest BCUT2D eigenvalue weighted by molar-refractivity contribution is 6.30. The highest BCUT2D eigenvalue weighted by Crippen LogP contribution is 2.40. The third-order valence-electron chi connectivity index (χ3n) is 4.44. The molecule has 4 nitrogen and oxygen atoms in total. The van der Waals surface area contributed by atoms with Crippen molar-refractivity contribution in [3.63, 3.8) is 0 Å². The fourth-order valence-corrected chi connectivity index (χ4v) is 3.46. The predicted molar refractivity (Wildman–Crippen MR) is 105 cm³/mol. The Labute approximate surface area is 155 Å². The van der Waals surface area contributed by atoms with Crippen LogP contribution in [-0.2, 0) is 0 Å². The van der Waals surface area contributed by atoms with Crippen molar-refractivity contribution in [2.24, 2.45) is 0 Å². The van der Waals surface area contributed by atoms with Gasteiger partial charge in [-0.05, 0) is 30.3 Å². The molecule has 128 valence electrons. The molecule has 0 spiro atoms. The predicted octanol–water partition coefficient (Wildman–Crippen LogP) is 5.56. The van der Waals surface area contributed by atoms with Crippen molar-refractivity contribution in [2.75, 3.05) is 18.5 Å². The Morgan fingerprint density at radius 3 is 2.46 bits per heavy atom. The van der Waals surface area contributed by atoms with Gasteiger partial charge in [0.05, 0.1) is 16.7 Å². The number of aromatic nitrogens is 1. The number of nitrogens with one attached hydrogen (secondary N) is 1. The maximum absolute atomic E-state index is 6.15.